The fourth-order valence-electron chi connectivity index (χ4n) is 1.79. The molecule has 0 aliphatic heterocycles. The maximum Gasteiger partial charge on any atom is 0.188 e. The lowest BCUT2D eigenvalue weighted by Crippen LogP contribution is -1.89. The van der Waals surface area contributed by atoms with Gasteiger partial charge in [-0.2, -0.15) is 0 Å². The third-order valence-electron chi connectivity index (χ3n) is 2.84. The Balaban J connectivity index is 1.94. The van der Waals surface area contributed by atoms with Gasteiger partial charge in [0.25, 0.3) is 0 Å². The molecule has 0 aliphatic rings. The average molecular weight is 290 g/mol. The van der Waals surface area contributed by atoms with Crippen LogP contribution in [0.4, 0.5) is 16.5 Å². The molecule has 0 radical (unpaired) electrons. The number of nitrogens with two attached hydrogens (primary N) is 1. The van der Waals surface area contributed by atoms with Crippen molar-refractivity contribution in [2.24, 2.45) is 0 Å². The Hall–Kier alpha value is -1.78. The van der Waals surface area contributed by atoms with E-state index in [0.29, 0.717) is 0 Å². The lowest BCUT2D eigenvalue weighted by atomic mass is 10.2. The van der Waals surface area contributed by atoms with Crippen molar-refractivity contribution in [3.8, 4) is 0 Å². The molecule has 0 unspecified atom stereocenters. The Morgan fingerprint density at radius 1 is 1.21 bits per heavy atom. The summed E-state index contributed by atoms with van der Waals surface area (Å²) in [6, 6.07) is 11.6. The summed E-state index contributed by atoms with van der Waals surface area (Å²) in [6.45, 7) is 1.98. The van der Waals surface area contributed by atoms with Crippen molar-refractivity contribution >= 4 is 49.7 Å². The van der Waals surface area contributed by atoms with Gasteiger partial charge < -0.3 is 11.1 Å². The average Bonchev–Trinajstić information content (AvgIpc) is 2.75. The van der Waals surface area contributed by atoms with E-state index in [1.165, 1.54) is 0 Å². The van der Waals surface area contributed by atoms with Crippen LogP contribution in [0.1, 0.15) is 5.56 Å². The van der Waals surface area contributed by atoms with Crippen molar-refractivity contribution in [3.05, 3.63) is 47.0 Å². The summed E-state index contributed by atoms with van der Waals surface area (Å²) in [6.07, 6.45) is 0. The van der Waals surface area contributed by atoms with E-state index in [1.807, 2.05) is 43.3 Å². The Kier molecular flexibility index (Phi) is 3.05. The Morgan fingerprint density at radius 2 is 2.05 bits per heavy atom. The highest BCUT2D eigenvalue weighted by atomic mass is 35.5. The van der Waals surface area contributed by atoms with Crippen LogP contribution in [0.3, 0.4) is 0 Å². The van der Waals surface area contributed by atoms with E-state index < -0.39 is 0 Å². The summed E-state index contributed by atoms with van der Waals surface area (Å²) in [7, 11) is 0. The fourth-order valence-corrected chi connectivity index (χ4v) is 2.90. The van der Waals surface area contributed by atoms with E-state index in [1.54, 1.807) is 11.3 Å². The molecule has 3 aromatic rings. The van der Waals surface area contributed by atoms with Crippen molar-refractivity contribution in [2.75, 3.05) is 11.1 Å². The number of anilines is 3. The van der Waals surface area contributed by atoms with Gasteiger partial charge in [-0.15, -0.1) is 0 Å². The molecule has 0 saturated carbocycles. The number of thiazole rings is 1. The van der Waals surface area contributed by atoms with Gasteiger partial charge in [0, 0.05) is 16.4 Å². The molecule has 0 saturated heterocycles. The van der Waals surface area contributed by atoms with Gasteiger partial charge in [-0.05, 0) is 42.8 Å². The molecule has 0 aliphatic carbocycles. The van der Waals surface area contributed by atoms with Crippen LogP contribution in [0, 0.1) is 6.92 Å². The van der Waals surface area contributed by atoms with Gasteiger partial charge in [0.2, 0.25) is 0 Å². The van der Waals surface area contributed by atoms with Gasteiger partial charge in [-0.1, -0.05) is 29.0 Å². The van der Waals surface area contributed by atoms with E-state index in [9.17, 15) is 0 Å². The minimum Gasteiger partial charge on any atom is -0.399 e. The third-order valence-corrected chi connectivity index (χ3v) is 4.18. The van der Waals surface area contributed by atoms with Crippen molar-refractivity contribution in [1.82, 2.24) is 4.98 Å². The van der Waals surface area contributed by atoms with Crippen molar-refractivity contribution in [1.29, 1.82) is 0 Å². The minimum absolute atomic E-state index is 0.746. The summed E-state index contributed by atoms with van der Waals surface area (Å²) < 4.78 is 1.07. The Labute approximate surface area is 120 Å². The first kappa shape index (κ1) is 12.3. The van der Waals surface area contributed by atoms with Gasteiger partial charge in [-0.25, -0.2) is 4.98 Å². The fraction of sp³-hybridized carbons (Fsp3) is 0.0714. The number of hydrogen-bond donors (Lipinski definition) is 2. The van der Waals surface area contributed by atoms with Crippen LogP contribution in [-0.4, -0.2) is 4.98 Å². The largest absolute Gasteiger partial charge is 0.399 e. The summed E-state index contributed by atoms with van der Waals surface area (Å²) in [5.74, 6) is 0. The second-order valence-corrected chi connectivity index (χ2v) is 5.77. The van der Waals surface area contributed by atoms with Gasteiger partial charge >= 0.3 is 0 Å². The minimum atomic E-state index is 0.746. The monoisotopic (exact) mass is 289 g/mol. The topological polar surface area (TPSA) is 50.9 Å². The van der Waals surface area contributed by atoms with Crippen LogP contribution in [0.2, 0.25) is 5.02 Å². The zero-order valence-corrected chi connectivity index (χ0v) is 11.8. The Morgan fingerprint density at radius 3 is 2.84 bits per heavy atom. The zero-order valence-electron chi connectivity index (χ0n) is 10.3. The molecule has 1 aromatic heterocycles. The maximum absolute atomic E-state index is 6.11. The predicted molar refractivity (Wildman–Crippen MR) is 83.5 cm³/mol. The first-order valence-electron chi connectivity index (χ1n) is 5.81. The highest BCUT2D eigenvalue weighted by molar-refractivity contribution is 7.22. The zero-order chi connectivity index (χ0) is 13.4. The van der Waals surface area contributed by atoms with Crippen LogP contribution in [0.15, 0.2) is 36.4 Å². The SMILES string of the molecule is Cc1ccc(Nc2nc3ccc(N)cc3s2)cc1Cl. The molecule has 19 heavy (non-hydrogen) atoms. The summed E-state index contributed by atoms with van der Waals surface area (Å²) in [5.41, 5.74) is 9.45. The summed E-state index contributed by atoms with van der Waals surface area (Å²) in [4.78, 5) is 4.51. The third kappa shape index (κ3) is 2.50. The van der Waals surface area contributed by atoms with Gasteiger partial charge in [-0.3, -0.25) is 0 Å². The van der Waals surface area contributed by atoms with Crippen LogP contribution in [0.5, 0.6) is 0 Å². The number of aryl methyl sites for hydroxylation is 1. The summed E-state index contributed by atoms with van der Waals surface area (Å²) >= 11 is 7.68. The van der Waals surface area contributed by atoms with E-state index in [0.717, 1.165) is 37.3 Å². The van der Waals surface area contributed by atoms with Gasteiger partial charge in [0.15, 0.2) is 5.13 Å². The molecule has 0 fully saturated rings. The molecule has 96 valence electrons. The lowest BCUT2D eigenvalue weighted by Gasteiger charge is -2.04. The van der Waals surface area contributed by atoms with Crippen LogP contribution in [-0.2, 0) is 0 Å². The van der Waals surface area contributed by atoms with Crippen LogP contribution >= 0.6 is 22.9 Å². The normalized spacial score (nSPS) is 10.8. The molecule has 0 spiro atoms. The van der Waals surface area contributed by atoms with E-state index in [4.69, 9.17) is 17.3 Å². The number of benzene rings is 2. The number of halogens is 1. The highest BCUT2D eigenvalue weighted by Gasteiger charge is 2.05. The number of hydrogen-bond acceptors (Lipinski definition) is 4. The molecule has 3 N–H and O–H groups in total. The lowest BCUT2D eigenvalue weighted by molar-refractivity contribution is 1.42. The molecular formula is C14H12ClN3S. The predicted octanol–water partition coefficient (Wildman–Crippen LogP) is 4.58. The molecule has 0 bridgehead atoms. The summed E-state index contributed by atoms with van der Waals surface area (Å²) in [5, 5.41) is 4.84. The number of nitrogens with one attached hydrogen (secondary N) is 1. The number of fused-ring (bicyclic) bond motifs is 1. The first-order chi connectivity index (χ1) is 9.11. The van der Waals surface area contributed by atoms with Gasteiger partial charge in [0.05, 0.1) is 10.2 Å². The van der Waals surface area contributed by atoms with Gasteiger partial charge in [0.1, 0.15) is 0 Å². The molecule has 5 heteroatoms. The van der Waals surface area contributed by atoms with Crippen molar-refractivity contribution in [3.63, 3.8) is 0 Å². The number of nitrogens with zero attached hydrogens (tertiary/aromatic N) is 1. The molecular weight excluding hydrogens is 278 g/mol. The molecule has 3 nitrogen and oxygen atoms in total. The smallest absolute Gasteiger partial charge is 0.188 e. The second kappa shape index (κ2) is 4.72. The van der Waals surface area contributed by atoms with E-state index in [2.05, 4.69) is 10.3 Å². The molecule has 0 amide bonds. The maximum atomic E-state index is 6.11. The highest BCUT2D eigenvalue weighted by Crippen LogP contribution is 2.30. The molecule has 2 aromatic carbocycles. The van der Waals surface area contributed by atoms with Crippen LogP contribution < -0.4 is 11.1 Å². The second-order valence-electron chi connectivity index (χ2n) is 4.34. The number of rotatable bonds is 2. The molecule has 1 heterocycles. The van der Waals surface area contributed by atoms with Crippen molar-refractivity contribution in [2.45, 2.75) is 6.92 Å². The number of nitrogen functional groups attached to an aromatic ring is 1. The van der Waals surface area contributed by atoms with E-state index >= 15 is 0 Å². The van der Waals surface area contributed by atoms with Crippen LogP contribution in [0.25, 0.3) is 10.2 Å². The first-order valence-corrected chi connectivity index (χ1v) is 7.00. The van der Waals surface area contributed by atoms with Crippen molar-refractivity contribution < 1.29 is 0 Å². The molecule has 0 atom stereocenters. The number of aromatic nitrogens is 1. The van der Waals surface area contributed by atoms with E-state index in [-0.39, 0.29) is 0 Å². The quantitative estimate of drug-likeness (QED) is 0.679. The molecule has 3 rings (SSSR count). The Bertz CT molecular complexity index is 752. The standard InChI is InChI=1S/C14H12ClN3S/c1-8-2-4-10(7-11(8)15)17-14-18-12-5-3-9(16)6-13(12)19-14/h2-7H,16H2,1H3,(H,17,18).